The van der Waals surface area contributed by atoms with E-state index in [9.17, 15) is 19.5 Å². The SMILES string of the molecule is CC/C=C/C/C=C/C/C=C/CCCCCCC(=O)OCC(COCCC(C(=O)O)[N+](C)(C)C)OC(=O)CCCC/C=C/C/C=C/C/C=C/C/C=C/C/C=C/CCCCC. The summed E-state index contributed by atoms with van der Waals surface area (Å²) >= 11 is 0. The van der Waals surface area contributed by atoms with Crippen LogP contribution in [0.25, 0.3) is 0 Å². The molecule has 8 heteroatoms. The number of nitrogens with zero attached hydrogens (tertiary/aromatic N) is 1. The number of hydrogen-bond donors (Lipinski definition) is 1. The summed E-state index contributed by atoms with van der Waals surface area (Å²) in [5.74, 6) is -1.57. The number of hydrogen-bond acceptors (Lipinski definition) is 6. The Morgan fingerprint density at radius 3 is 1.42 bits per heavy atom. The maximum Gasteiger partial charge on any atom is 0.362 e. The third-order valence-electron chi connectivity index (χ3n) is 9.47. The van der Waals surface area contributed by atoms with E-state index >= 15 is 0 Å². The van der Waals surface area contributed by atoms with E-state index in [1.165, 1.54) is 25.7 Å². The molecular weight excluding hydrogens is 739 g/mol. The van der Waals surface area contributed by atoms with E-state index in [4.69, 9.17) is 14.2 Å². The average molecular weight is 823 g/mol. The lowest BCUT2D eigenvalue weighted by molar-refractivity contribution is -0.887. The van der Waals surface area contributed by atoms with Gasteiger partial charge in [-0.25, -0.2) is 4.79 Å². The number of carbonyl (C=O) groups is 3. The number of esters is 2. The maximum absolute atomic E-state index is 12.7. The number of unbranched alkanes of at least 4 members (excludes halogenated alkanes) is 9. The first-order valence-electron chi connectivity index (χ1n) is 22.8. The topological polar surface area (TPSA) is 99.1 Å². The van der Waals surface area contributed by atoms with Gasteiger partial charge in [-0.3, -0.25) is 9.59 Å². The second-order valence-electron chi connectivity index (χ2n) is 15.9. The van der Waals surface area contributed by atoms with Crippen LogP contribution >= 0.6 is 0 Å². The van der Waals surface area contributed by atoms with Crippen molar-refractivity contribution < 1.29 is 38.2 Å². The summed E-state index contributed by atoms with van der Waals surface area (Å²) in [6.45, 7) is 4.50. The summed E-state index contributed by atoms with van der Waals surface area (Å²) in [5.41, 5.74) is 0. The van der Waals surface area contributed by atoms with Crippen LogP contribution in [0.15, 0.2) is 97.2 Å². The smallest absolute Gasteiger partial charge is 0.362 e. The molecule has 59 heavy (non-hydrogen) atoms. The summed E-state index contributed by atoms with van der Waals surface area (Å²) < 4.78 is 17.2. The molecule has 0 aliphatic heterocycles. The molecule has 8 nitrogen and oxygen atoms in total. The fourth-order valence-electron chi connectivity index (χ4n) is 5.95. The van der Waals surface area contributed by atoms with Gasteiger partial charge in [-0.15, -0.1) is 0 Å². The zero-order chi connectivity index (χ0) is 43.5. The predicted molar refractivity (Wildman–Crippen MR) is 247 cm³/mol. The number of carboxylic acid groups (broad SMARTS) is 1. The Balaban J connectivity index is 4.47. The Morgan fingerprint density at radius 2 is 0.949 bits per heavy atom. The average Bonchev–Trinajstić information content (AvgIpc) is 3.19. The normalized spacial score (nSPS) is 13.8. The molecule has 0 rings (SSSR count). The van der Waals surface area contributed by atoms with Crippen molar-refractivity contribution in [2.75, 3.05) is 41.0 Å². The molecule has 0 spiro atoms. The van der Waals surface area contributed by atoms with Crippen molar-refractivity contribution in [2.45, 2.75) is 167 Å². The number of aliphatic carboxylic acids is 1. The zero-order valence-electron chi connectivity index (χ0n) is 37.9. The molecule has 0 bridgehead atoms. The molecule has 0 fully saturated rings. The van der Waals surface area contributed by atoms with Gasteiger partial charge in [0.25, 0.3) is 0 Å². The van der Waals surface area contributed by atoms with Crippen molar-refractivity contribution in [2.24, 2.45) is 0 Å². The molecule has 2 unspecified atom stereocenters. The Kier molecular flexibility index (Phi) is 38.4. The second kappa shape index (κ2) is 41.0. The summed E-state index contributed by atoms with van der Waals surface area (Å²) in [4.78, 5) is 37.0. The van der Waals surface area contributed by atoms with Crippen LogP contribution in [0.3, 0.4) is 0 Å². The van der Waals surface area contributed by atoms with E-state index in [1.54, 1.807) is 0 Å². The minimum atomic E-state index is -0.890. The van der Waals surface area contributed by atoms with Gasteiger partial charge in [-0.1, -0.05) is 137 Å². The van der Waals surface area contributed by atoms with Crippen LogP contribution in [-0.2, 0) is 28.6 Å². The summed E-state index contributed by atoms with van der Waals surface area (Å²) in [6.07, 6.45) is 54.5. The van der Waals surface area contributed by atoms with Gasteiger partial charge >= 0.3 is 17.9 Å². The van der Waals surface area contributed by atoms with Crippen LogP contribution in [-0.4, -0.2) is 80.6 Å². The Bertz CT molecular complexity index is 1280. The minimum absolute atomic E-state index is 0.0297. The molecule has 0 aliphatic rings. The third kappa shape index (κ3) is 39.5. The molecule has 0 saturated carbocycles. The number of allylic oxidation sites excluding steroid dienone is 16. The summed E-state index contributed by atoms with van der Waals surface area (Å²) in [6, 6.07) is -0.632. The minimum Gasteiger partial charge on any atom is -0.477 e. The van der Waals surface area contributed by atoms with Crippen molar-refractivity contribution in [3.8, 4) is 0 Å². The number of carbonyl (C=O) groups excluding carboxylic acids is 2. The van der Waals surface area contributed by atoms with Crippen LogP contribution in [0.5, 0.6) is 0 Å². The largest absolute Gasteiger partial charge is 0.477 e. The van der Waals surface area contributed by atoms with Crippen molar-refractivity contribution in [1.29, 1.82) is 0 Å². The predicted octanol–water partition coefficient (Wildman–Crippen LogP) is 12.7. The highest BCUT2D eigenvalue weighted by Crippen LogP contribution is 2.12. The highest BCUT2D eigenvalue weighted by atomic mass is 16.6. The van der Waals surface area contributed by atoms with Crippen LogP contribution in [0.4, 0.5) is 0 Å². The van der Waals surface area contributed by atoms with Crippen molar-refractivity contribution >= 4 is 17.9 Å². The molecule has 2 atom stereocenters. The van der Waals surface area contributed by atoms with Crippen molar-refractivity contribution in [3.05, 3.63) is 97.2 Å². The molecule has 0 aromatic heterocycles. The van der Waals surface area contributed by atoms with Crippen molar-refractivity contribution in [1.82, 2.24) is 0 Å². The van der Waals surface area contributed by atoms with E-state index in [0.29, 0.717) is 19.3 Å². The molecule has 0 amide bonds. The van der Waals surface area contributed by atoms with Gasteiger partial charge in [0.1, 0.15) is 6.61 Å². The van der Waals surface area contributed by atoms with Gasteiger partial charge in [0.05, 0.1) is 34.4 Å². The molecule has 334 valence electrons. The lowest BCUT2D eigenvalue weighted by Gasteiger charge is -2.31. The van der Waals surface area contributed by atoms with Gasteiger partial charge < -0.3 is 23.8 Å². The van der Waals surface area contributed by atoms with Crippen molar-refractivity contribution in [3.63, 3.8) is 0 Å². The lowest BCUT2D eigenvalue weighted by atomic mass is 10.1. The molecular formula is C51H84NO7+. The molecule has 0 aliphatic carbocycles. The fraction of sp³-hybridized carbons (Fsp3) is 0.627. The summed E-state index contributed by atoms with van der Waals surface area (Å²) in [7, 11) is 5.49. The van der Waals surface area contributed by atoms with Gasteiger partial charge in [-0.05, 0) is 96.3 Å². The van der Waals surface area contributed by atoms with E-state index < -0.39 is 18.1 Å². The first-order chi connectivity index (χ1) is 28.6. The Hall–Kier alpha value is -3.75. The number of quaternary nitrogens is 1. The Labute approximate surface area is 360 Å². The number of carboxylic acids is 1. The van der Waals surface area contributed by atoms with Crippen LogP contribution in [0.1, 0.15) is 155 Å². The first-order valence-corrected chi connectivity index (χ1v) is 22.8. The molecule has 0 heterocycles. The van der Waals surface area contributed by atoms with Gasteiger partial charge in [0, 0.05) is 19.3 Å². The first kappa shape index (κ1) is 55.2. The Morgan fingerprint density at radius 1 is 0.525 bits per heavy atom. The molecule has 0 saturated heterocycles. The summed E-state index contributed by atoms with van der Waals surface area (Å²) in [5, 5.41) is 9.62. The molecule has 0 aromatic carbocycles. The van der Waals surface area contributed by atoms with E-state index in [-0.39, 0.29) is 42.7 Å². The highest BCUT2D eigenvalue weighted by molar-refractivity contribution is 5.72. The van der Waals surface area contributed by atoms with Gasteiger partial charge in [0.15, 0.2) is 12.1 Å². The molecule has 0 radical (unpaired) electrons. The lowest BCUT2D eigenvalue weighted by Crippen LogP contribution is -2.50. The quantitative estimate of drug-likeness (QED) is 0.0285. The monoisotopic (exact) mass is 823 g/mol. The van der Waals surface area contributed by atoms with Gasteiger partial charge in [0.2, 0.25) is 0 Å². The molecule has 0 aromatic rings. The van der Waals surface area contributed by atoms with E-state index in [1.807, 2.05) is 21.1 Å². The van der Waals surface area contributed by atoms with Crippen LogP contribution < -0.4 is 0 Å². The second-order valence-corrected chi connectivity index (χ2v) is 15.9. The number of ether oxygens (including phenoxy) is 3. The third-order valence-corrected chi connectivity index (χ3v) is 9.47. The fourth-order valence-corrected chi connectivity index (χ4v) is 5.95. The maximum atomic E-state index is 12.7. The van der Waals surface area contributed by atoms with Gasteiger partial charge in [-0.2, -0.15) is 0 Å². The van der Waals surface area contributed by atoms with E-state index in [0.717, 1.165) is 89.9 Å². The zero-order valence-corrected chi connectivity index (χ0v) is 37.9. The number of likely N-dealkylation sites (N-methyl/N-ethyl adjacent to an activating group) is 1. The standard InChI is InChI=1S/C51H83NO7/c1-6-8-10-12-14-16-18-20-22-23-24-25-26-27-28-30-32-34-36-38-40-42-50(54)59-47(45-57-44-43-48(51(55)56)52(3,4)5)46-58-49(53)41-39-37-35-33-31-29-21-19-17-15-13-11-9-7-2/h9,11,14-17,20-22,24-25,27-29,32,34,47-48H,6-8,10,12-13,18-19,23,26,30-31,33,35-46H2,1-5H3/p+1/b11-9+,16-14+,17-15+,22-20+,25-24+,28-27+,29-21+,34-32+. The highest BCUT2D eigenvalue weighted by Gasteiger charge is 2.31. The molecule has 1 N–H and O–H groups in total. The number of rotatable bonds is 39. The van der Waals surface area contributed by atoms with E-state index in [2.05, 4.69) is 111 Å². The van der Waals surface area contributed by atoms with Crippen LogP contribution in [0.2, 0.25) is 0 Å². The van der Waals surface area contributed by atoms with Crippen LogP contribution in [0, 0.1) is 0 Å².